The van der Waals surface area contributed by atoms with E-state index in [1.807, 2.05) is 0 Å². The highest BCUT2D eigenvalue weighted by Crippen LogP contribution is 2.27. The summed E-state index contributed by atoms with van der Waals surface area (Å²) in [6.45, 7) is 6.56. The molecule has 0 aliphatic carbocycles. The molecule has 0 aromatic heterocycles. The molecule has 0 aliphatic heterocycles. The van der Waals surface area contributed by atoms with E-state index in [1.54, 1.807) is 25.3 Å². The van der Waals surface area contributed by atoms with Crippen molar-refractivity contribution in [2.75, 3.05) is 32.1 Å². The molecular formula is C18H29ClN2O2. The van der Waals surface area contributed by atoms with Crippen LogP contribution >= 0.6 is 11.6 Å². The number of nitrogens with zero attached hydrogens (tertiary/aromatic N) is 1. The Bertz CT molecular complexity index is 480. The number of unbranched alkanes of at least 4 members (excludes halogenated alkanes) is 4. The van der Waals surface area contributed by atoms with Crippen LogP contribution < -0.4 is 10.1 Å². The number of hydrogen-bond donors (Lipinski definition) is 1. The molecule has 0 saturated heterocycles. The number of rotatable bonds is 11. The lowest BCUT2D eigenvalue weighted by Gasteiger charge is -2.19. The van der Waals surface area contributed by atoms with E-state index in [9.17, 15) is 4.79 Å². The van der Waals surface area contributed by atoms with Gasteiger partial charge in [0.1, 0.15) is 5.75 Å². The lowest BCUT2D eigenvalue weighted by molar-refractivity contribution is -0.117. The molecule has 4 nitrogen and oxygen atoms in total. The molecule has 0 saturated carbocycles. The maximum atomic E-state index is 12.2. The Labute approximate surface area is 145 Å². The van der Waals surface area contributed by atoms with E-state index in [2.05, 4.69) is 24.1 Å². The number of ether oxygens (including phenoxy) is 1. The van der Waals surface area contributed by atoms with Crippen LogP contribution in [0.2, 0.25) is 5.02 Å². The molecule has 23 heavy (non-hydrogen) atoms. The van der Waals surface area contributed by atoms with E-state index < -0.39 is 0 Å². The van der Waals surface area contributed by atoms with Crippen molar-refractivity contribution in [1.29, 1.82) is 0 Å². The number of benzene rings is 1. The largest absolute Gasteiger partial charge is 0.495 e. The van der Waals surface area contributed by atoms with Crippen LogP contribution in [-0.2, 0) is 4.79 Å². The average molecular weight is 341 g/mol. The van der Waals surface area contributed by atoms with Gasteiger partial charge >= 0.3 is 0 Å². The zero-order valence-corrected chi connectivity index (χ0v) is 15.3. The van der Waals surface area contributed by atoms with Gasteiger partial charge in [0, 0.05) is 5.69 Å². The van der Waals surface area contributed by atoms with Gasteiger partial charge < -0.3 is 10.1 Å². The number of carbonyl (C=O) groups is 1. The van der Waals surface area contributed by atoms with Crippen molar-refractivity contribution in [3.63, 3.8) is 0 Å². The Kier molecular flexibility index (Phi) is 9.72. The van der Waals surface area contributed by atoms with Crippen LogP contribution in [0, 0.1) is 0 Å². The average Bonchev–Trinajstić information content (AvgIpc) is 2.53. The predicted octanol–water partition coefficient (Wildman–Crippen LogP) is 4.58. The lowest BCUT2D eigenvalue weighted by Crippen LogP contribution is -2.33. The number of nitrogens with one attached hydrogen (secondary N) is 1. The van der Waals surface area contributed by atoms with Crippen molar-refractivity contribution >= 4 is 23.2 Å². The monoisotopic (exact) mass is 340 g/mol. The minimum Gasteiger partial charge on any atom is -0.495 e. The first-order valence-electron chi connectivity index (χ1n) is 8.46. The second-order valence-corrected chi connectivity index (χ2v) is 6.09. The molecule has 0 spiro atoms. The van der Waals surface area contributed by atoms with Gasteiger partial charge in [-0.15, -0.1) is 0 Å². The van der Waals surface area contributed by atoms with Gasteiger partial charge in [-0.05, 0) is 37.7 Å². The van der Waals surface area contributed by atoms with Crippen LogP contribution in [-0.4, -0.2) is 37.6 Å². The van der Waals surface area contributed by atoms with E-state index >= 15 is 0 Å². The second kappa shape index (κ2) is 11.3. The third-order valence-electron chi connectivity index (χ3n) is 3.83. The van der Waals surface area contributed by atoms with E-state index in [0.717, 1.165) is 19.5 Å². The summed E-state index contributed by atoms with van der Waals surface area (Å²) in [6, 6.07) is 5.26. The van der Waals surface area contributed by atoms with E-state index in [0.29, 0.717) is 23.0 Å². The summed E-state index contributed by atoms with van der Waals surface area (Å²) < 4.78 is 5.11. The standard InChI is InChI=1S/C18H29ClN2O2/c1-4-6-7-8-9-12-21(5-2)14-18(22)20-15-10-11-17(23-3)16(19)13-15/h10-11,13H,4-9,12,14H2,1-3H3,(H,20,22). The van der Waals surface area contributed by atoms with Gasteiger partial charge in [-0.3, -0.25) is 9.69 Å². The van der Waals surface area contributed by atoms with Crippen molar-refractivity contribution < 1.29 is 9.53 Å². The Balaban J connectivity index is 2.39. The molecule has 0 aliphatic rings. The molecule has 0 bridgehead atoms. The molecule has 1 N–H and O–H groups in total. The number of anilines is 1. The topological polar surface area (TPSA) is 41.6 Å². The molecule has 5 heteroatoms. The Morgan fingerprint density at radius 1 is 1.22 bits per heavy atom. The van der Waals surface area contributed by atoms with Crippen molar-refractivity contribution in [3.05, 3.63) is 23.2 Å². The number of amides is 1. The van der Waals surface area contributed by atoms with Crippen molar-refractivity contribution in [2.45, 2.75) is 46.0 Å². The SMILES string of the molecule is CCCCCCCN(CC)CC(=O)Nc1ccc(OC)c(Cl)c1. The van der Waals surface area contributed by atoms with Crippen LogP contribution in [0.25, 0.3) is 0 Å². The molecule has 130 valence electrons. The molecule has 1 aromatic rings. The van der Waals surface area contributed by atoms with Gasteiger partial charge in [0.25, 0.3) is 0 Å². The Morgan fingerprint density at radius 2 is 1.96 bits per heavy atom. The smallest absolute Gasteiger partial charge is 0.238 e. The second-order valence-electron chi connectivity index (χ2n) is 5.68. The molecule has 0 heterocycles. The minimum absolute atomic E-state index is 0.0124. The number of halogens is 1. The quantitative estimate of drug-likeness (QED) is 0.599. The number of carbonyl (C=O) groups excluding carboxylic acids is 1. The highest BCUT2D eigenvalue weighted by Gasteiger charge is 2.10. The van der Waals surface area contributed by atoms with Gasteiger partial charge in [-0.2, -0.15) is 0 Å². The van der Waals surface area contributed by atoms with Crippen LogP contribution in [0.5, 0.6) is 5.75 Å². The molecule has 1 aromatic carbocycles. The predicted molar refractivity (Wildman–Crippen MR) is 97.5 cm³/mol. The number of hydrogen-bond acceptors (Lipinski definition) is 3. The molecule has 1 amide bonds. The fourth-order valence-corrected chi connectivity index (χ4v) is 2.69. The number of likely N-dealkylation sites (N-methyl/N-ethyl adjacent to an activating group) is 1. The Morgan fingerprint density at radius 3 is 2.57 bits per heavy atom. The molecule has 0 fully saturated rings. The Hall–Kier alpha value is -1.26. The van der Waals surface area contributed by atoms with Crippen molar-refractivity contribution in [1.82, 2.24) is 4.90 Å². The highest BCUT2D eigenvalue weighted by molar-refractivity contribution is 6.32. The van der Waals surface area contributed by atoms with Crippen molar-refractivity contribution in [3.8, 4) is 5.75 Å². The summed E-state index contributed by atoms with van der Waals surface area (Å²) in [5.74, 6) is 0.591. The van der Waals surface area contributed by atoms with Crippen molar-refractivity contribution in [2.24, 2.45) is 0 Å². The zero-order valence-electron chi connectivity index (χ0n) is 14.5. The maximum Gasteiger partial charge on any atom is 0.238 e. The first-order valence-corrected chi connectivity index (χ1v) is 8.84. The molecule has 1 rings (SSSR count). The van der Waals surface area contributed by atoms with Crippen LogP contribution in [0.4, 0.5) is 5.69 Å². The van der Waals surface area contributed by atoms with Crippen LogP contribution in [0.1, 0.15) is 46.0 Å². The third-order valence-corrected chi connectivity index (χ3v) is 4.12. The third kappa shape index (κ3) is 7.71. The van der Waals surface area contributed by atoms with Crippen LogP contribution in [0.3, 0.4) is 0 Å². The van der Waals surface area contributed by atoms with E-state index in [1.165, 1.54) is 25.7 Å². The van der Waals surface area contributed by atoms with Gasteiger partial charge in [0.05, 0.1) is 18.7 Å². The normalized spacial score (nSPS) is 10.8. The summed E-state index contributed by atoms with van der Waals surface area (Å²) in [6.07, 6.45) is 6.22. The maximum absolute atomic E-state index is 12.2. The fraction of sp³-hybridized carbons (Fsp3) is 0.611. The highest BCUT2D eigenvalue weighted by atomic mass is 35.5. The first kappa shape index (κ1) is 19.8. The van der Waals surface area contributed by atoms with Gasteiger partial charge in [-0.1, -0.05) is 51.1 Å². The number of methoxy groups -OCH3 is 1. The lowest BCUT2D eigenvalue weighted by atomic mass is 10.1. The summed E-state index contributed by atoms with van der Waals surface area (Å²) in [7, 11) is 1.57. The molecule has 0 radical (unpaired) electrons. The summed E-state index contributed by atoms with van der Waals surface area (Å²) in [4.78, 5) is 14.3. The zero-order chi connectivity index (χ0) is 17.1. The van der Waals surface area contributed by atoms with Gasteiger partial charge in [-0.25, -0.2) is 0 Å². The van der Waals surface area contributed by atoms with Gasteiger partial charge in [0.15, 0.2) is 0 Å². The molecular weight excluding hydrogens is 312 g/mol. The molecule has 0 unspecified atom stereocenters. The minimum atomic E-state index is -0.0124. The summed E-state index contributed by atoms with van der Waals surface area (Å²) in [5.41, 5.74) is 0.694. The van der Waals surface area contributed by atoms with Crippen LogP contribution in [0.15, 0.2) is 18.2 Å². The van der Waals surface area contributed by atoms with E-state index in [4.69, 9.17) is 16.3 Å². The summed E-state index contributed by atoms with van der Waals surface area (Å²) in [5, 5.41) is 3.38. The molecule has 0 atom stereocenters. The van der Waals surface area contributed by atoms with Gasteiger partial charge in [0.2, 0.25) is 5.91 Å². The fourth-order valence-electron chi connectivity index (χ4n) is 2.44. The summed E-state index contributed by atoms with van der Waals surface area (Å²) >= 11 is 6.07. The van der Waals surface area contributed by atoms with E-state index in [-0.39, 0.29) is 5.91 Å². The first-order chi connectivity index (χ1) is 11.1.